The van der Waals surface area contributed by atoms with Crippen molar-refractivity contribution < 1.29 is 0 Å². The van der Waals surface area contributed by atoms with Crippen LogP contribution < -0.4 is 10.6 Å². The first kappa shape index (κ1) is 11.5. The summed E-state index contributed by atoms with van der Waals surface area (Å²) in [6, 6.07) is 7.61. The second-order valence-electron chi connectivity index (χ2n) is 3.54. The molecule has 0 aliphatic heterocycles. The molecule has 4 nitrogen and oxygen atoms in total. The number of nitrogens with two attached hydrogens (primary N) is 1. The smallest absolute Gasteiger partial charge is 0.122 e. The van der Waals surface area contributed by atoms with Crippen molar-refractivity contribution >= 4 is 28.6 Å². The van der Waals surface area contributed by atoms with E-state index in [2.05, 4.69) is 9.97 Å². The minimum Gasteiger partial charge on any atom is -0.388 e. The summed E-state index contributed by atoms with van der Waals surface area (Å²) >= 11 is 4.86. The van der Waals surface area contributed by atoms with Crippen molar-refractivity contribution in [3.05, 3.63) is 48.5 Å². The normalized spacial score (nSPS) is 9.94. The lowest BCUT2D eigenvalue weighted by molar-refractivity contribution is 1.15. The van der Waals surface area contributed by atoms with E-state index in [-0.39, 0.29) is 0 Å². The molecule has 5 heteroatoms. The lowest BCUT2D eigenvalue weighted by Crippen LogP contribution is -2.13. The van der Waals surface area contributed by atoms with E-state index in [1.165, 1.54) is 0 Å². The zero-order valence-corrected chi connectivity index (χ0v) is 10.2. The molecule has 0 aromatic carbocycles. The first-order valence-corrected chi connectivity index (χ1v) is 5.49. The van der Waals surface area contributed by atoms with Crippen LogP contribution in [0.15, 0.2) is 42.9 Å². The molecule has 0 aliphatic rings. The number of nitrogens with zero attached hydrogens (tertiary/aromatic N) is 3. The summed E-state index contributed by atoms with van der Waals surface area (Å²) in [4.78, 5) is 10.6. The molecule has 0 amide bonds. The summed E-state index contributed by atoms with van der Waals surface area (Å²) in [5, 5.41) is 0. The Morgan fingerprint density at radius 3 is 2.53 bits per heavy atom. The summed E-state index contributed by atoms with van der Waals surface area (Å²) in [6.07, 6.45) is 5.27. The lowest BCUT2D eigenvalue weighted by atomic mass is 10.3. The maximum atomic E-state index is 5.50. The first-order chi connectivity index (χ1) is 8.18. The van der Waals surface area contributed by atoms with Crippen LogP contribution in [0.25, 0.3) is 0 Å². The molecular formula is C12H12N4S. The van der Waals surface area contributed by atoms with Crippen molar-refractivity contribution in [3.63, 3.8) is 0 Å². The van der Waals surface area contributed by atoms with Gasteiger partial charge in [0.15, 0.2) is 0 Å². The zero-order valence-electron chi connectivity index (χ0n) is 9.37. The van der Waals surface area contributed by atoms with Gasteiger partial charge in [0.1, 0.15) is 4.99 Å². The molecule has 17 heavy (non-hydrogen) atoms. The van der Waals surface area contributed by atoms with Gasteiger partial charge in [-0.1, -0.05) is 12.2 Å². The van der Waals surface area contributed by atoms with Gasteiger partial charge in [-0.05, 0) is 24.3 Å². The van der Waals surface area contributed by atoms with Gasteiger partial charge in [-0.3, -0.25) is 9.97 Å². The van der Waals surface area contributed by atoms with Gasteiger partial charge in [0.25, 0.3) is 0 Å². The lowest BCUT2D eigenvalue weighted by Gasteiger charge is -2.18. The van der Waals surface area contributed by atoms with E-state index in [0.29, 0.717) is 10.7 Å². The van der Waals surface area contributed by atoms with Crippen LogP contribution in [0.5, 0.6) is 0 Å². The van der Waals surface area contributed by atoms with Crippen molar-refractivity contribution in [2.24, 2.45) is 5.73 Å². The predicted octanol–water partition coefficient (Wildman–Crippen LogP) is 1.88. The van der Waals surface area contributed by atoms with Gasteiger partial charge in [-0.15, -0.1) is 0 Å². The van der Waals surface area contributed by atoms with Gasteiger partial charge in [0.05, 0.1) is 29.5 Å². The minimum absolute atomic E-state index is 0.306. The van der Waals surface area contributed by atoms with Crippen molar-refractivity contribution in [2.45, 2.75) is 0 Å². The number of anilines is 2. The number of aromatic nitrogens is 2. The molecule has 0 saturated heterocycles. The Kier molecular flexibility index (Phi) is 3.30. The molecule has 0 atom stereocenters. The third-order valence-electron chi connectivity index (χ3n) is 2.42. The van der Waals surface area contributed by atoms with Crippen LogP contribution >= 0.6 is 12.2 Å². The van der Waals surface area contributed by atoms with E-state index in [1.807, 2.05) is 36.2 Å². The third kappa shape index (κ3) is 2.57. The average molecular weight is 244 g/mol. The quantitative estimate of drug-likeness (QED) is 0.835. The molecule has 0 aliphatic carbocycles. The van der Waals surface area contributed by atoms with Crippen LogP contribution in [0.1, 0.15) is 5.69 Å². The Bertz CT molecular complexity index is 510. The van der Waals surface area contributed by atoms with E-state index in [0.717, 1.165) is 11.4 Å². The molecule has 0 bridgehead atoms. The Morgan fingerprint density at radius 2 is 2.00 bits per heavy atom. The van der Waals surface area contributed by atoms with Crippen LogP contribution in [0.3, 0.4) is 0 Å². The van der Waals surface area contributed by atoms with Gasteiger partial charge >= 0.3 is 0 Å². The molecule has 0 fully saturated rings. The fraction of sp³-hybridized carbons (Fsp3) is 0.0833. The highest BCUT2D eigenvalue weighted by Gasteiger charge is 2.05. The van der Waals surface area contributed by atoms with E-state index in [4.69, 9.17) is 18.0 Å². The molecule has 0 saturated carbocycles. The van der Waals surface area contributed by atoms with Crippen LogP contribution in [0.2, 0.25) is 0 Å². The standard InChI is InChI=1S/C12H12N4S/c1-16(9-3-2-6-14-7-9)10-4-5-11(12(13)17)15-8-10/h2-8H,1H3,(H2,13,17). The summed E-state index contributed by atoms with van der Waals surface area (Å²) in [7, 11) is 1.95. The molecule has 0 spiro atoms. The first-order valence-electron chi connectivity index (χ1n) is 5.08. The SMILES string of the molecule is CN(c1cccnc1)c1ccc(C(N)=S)nc1. The fourth-order valence-electron chi connectivity index (χ4n) is 1.43. The Labute approximate surface area is 105 Å². The number of hydrogen-bond acceptors (Lipinski definition) is 4. The van der Waals surface area contributed by atoms with Crippen molar-refractivity contribution in [3.8, 4) is 0 Å². The van der Waals surface area contributed by atoms with E-state index < -0.39 is 0 Å². The predicted molar refractivity (Wildman–Crippen MR) is 72.4 cm³/mol. The number of hydrogen-bond donors (Lipinski definition) is 1. The van der Waals surface area contributed by atoms with Crippen molar-refractivity contribution in [1.82, 2.24) is 9.97 Å². The van der Waals surface area contributed by atoms with Crippen LogP contribution in [0, 0.1) is 0 Å². The van der Waals surface area contributed by atoms with Gasteiger partial charge in [0.2, 0.25) is 0 Å². The summed E-state index contributed by atoms with van der Waals surface area (Å²) in [6.45, 7) is 0. The van der Waals surface area contributed by atoms with E-state index >= 15 is 0 Å². The second-order valence-corrected chi connectivity index (χ2v) is 3.98. The van der Waals surface area contributed by atoms with Crippen LogP contribution in [-0.4, -0.2) is 22.0 Å². The zero-order chi connectivity index (χ0) is 12.3. The monoisotopic (exact) mass is 244 g/mol. The molecule has 86 valence electrons. The second kappa shape index (κ2) is 4.88. The van der Waals surface area contributed by atoms with Crippen molar-refractivity contribution in [1.29, 1.82) is 0 Å². The number of thiocarbonyl (C=S) groups is 1. The average Bonchev–Trinajstić information content (AvgIpc) is 2.39. The van der Waals surface area contributed by atoms with Gasteiger partial charge < -0.3 is 10.6 Å². The minimum atomic E-state index is 0.306. The number of rotatable bonds is 3. The summed E-state index contributed by atoms with van der Waals surface area (Å²) in [5.74, 6) is 0. The number of pyridine rings is 2. The molecule has 2 aromatic heterocycles. The Balaban J connectivity index is 2.26. The molecule has 2 rings (SSSR count). The highest BCUT2D eigenvalue weighted by Crippen LogP contribution is 2.21. The van der Waals surface area contributed by atoms with Crippen molar-refractivity contribution in [2.75, 3.05) is 11.9 Å². The topological polar surface area (TPSA) is 55.0 Å². The van der Waals surface area contributed by atoms with E-state index in [9.17, 15) is 0 Å². The third-order valence-corrected chi connectivity index (χ3v) is 2.63. The maximum Gasteiger partial charge on any atom is 0.122 e. The van der Waals surface area contributed by atoms with Crippen LogP contribution in [0.4, 0.5) is 11.4 Å². The van der Waals surface area contributed by atoms with Gasteiger partial charge in [0, 0.05) is 13.2 Å². The largest absolute Gasteiger partial charge is 0.388 e. The molecule has 2 N–H and O–H groups in total. The Morgan fingerprint density at radius 1 is 1.24 bits per heavy atom. The van der Waals surface area contributed by atoms with E-state index in [1.54, 1.807) is 18.6 Å². The molecule has 2 heterocycles. The molecule has 2 aromatic rings. The fourth-order valence-corrected chi connectivity index (χ4v) is 1.55. The summed E-state index contributed by atoms with van der Waals surface area (Å²) < 4.78 is 0. The Hall–Kier alpha value is -2.01. The highest BCUT2D eigenvalue weighted by atomic mass is 32.1. The maximum absolute atomic E-state index is 5.50. The molecule has 0 radical (unpaired) electrons. The van der Waals surface area contributed by atoms with Gasteiger partial charge in [-0.2, -0.15) is 0 Å². The highest BCUT2D eigenvalue weighted by molar-refractivity contribution is 7.80. The molecule has 0 unspecified atom stereocenters. The molecular weight excluding hydrogens is 232 g/mol. The van der Waals surface area contributed by atoms with Gasteiger partial charge in [-0.25, -0.2) is 0 Å². The summed E-state index contributed by atoms with van der Waals surface area (Å²) in [5.41, 5.74) is 8.08. The van der Waals surface area contributed by atoms with Crippen LogP contribution in [-0.2, 0) is 0 Å².